The fourth-order valence-corrected chi connectivity index (χ4v) is 4.46. The average Bonchev–Trinajstić information content (AvgIpc) is 2.95. The van der Waals surface area contributed by atoms with Gasteiger partial charge in [0, 0.05) is 19.3 Å². The third-order valence-electron chi connectivity index (χ3n) is 3.14. The molecule has 2 heterocycles. The van der Waals surface area contributed by atoms with E-state index in [0.717, 1.165) is 16.1 Å². The molecule has 0 saturated heterocycles. The molecule has 0 aliphatic rings. The van der Waals surface area contributed by atoms with Crippen molar-refractivity contribution in [3.63, 3.8) is 0 Å². The molecule has 3 aromatic rings. The summed E-state index contributed by atoms with van der Waals surface area (Å²) in [6.45, 7) is 2.00. The number of fused-ring (bicyclic) bond motifs is 1. The number of hydrazine groups is 1. The van der Waals surface area contributed by atoms with Crippen molar-refractivity contribution in [2.24, 2.45) is 5.84 Å². The Hall–Kier alpha value is -0.910. The van der Waals surface area contributed by atoms with Gasteiger partial charge in [-0.1, -0.05) is 23.7 Å². The van der Waals surface area contributed by atoms with Crippen LogP contribution in [0.4, 0.5) is 0 Å². The topological polar surface area (TPSA) is 38.0 Å². The molecule has 0 bridgehead atoms. The highest BCUT2D eigenvalue weighted by Crippen LogP contribution is 2.36. The number of nitrogens with one attached hydrogen (secondary N) is 1. The van der Waals surface area contributed by atoms with Gasteiger partial charge in [0.25, 0.3) is 0 Å². The Morgan fingerprint density at radius 2 is 2.05 bits per heavy atom. The number of thiophene rings is 2. The SMILES string of the molecule is Cc1ccc(C(NN)c2cc3sccc3s2)cc1Cl. The number of hydrogen-bond acceptors (Lipinski definition) is 4. The van der Waals surface area contributed by atoms with E-state index in [9.17, 15) is 0 Å². The third-order valence-corrected chi connectivity index (χ3v) is 5.70. The molecule has 0 aliphatic heterocycles. The first kappa shape index (κ1) is 13.1. The zero-order valence-corrected chi connectivity index (χ0v) is 12.7. The average molecular weight is 309 g/mol. The minimum atomic E-state index is -0.0114. The Morgan fingerprint density at radius 1 is 1.21 bits per heavy atom. The van der Waals surface area contributed by atoms with Crippen LogP contribution in [0.25, 0.3) is 9.40 Å². The molecule has 19 heavy (non-hydrogen) atoms. The summed E-state index contributed by atoms with van der Waals surface area (Å²) >= 11 is 9.72. The van der Waals surface area contributed by atoms with E-state index < -0.39 is 0 Å². The quantitative estimate of drug-likeness (QED) is 0.553. The smallest absolute Gasteiger partial charge is 0.0803 e. The summed E-state index contributed by atoms with van der Waals surface area (Å²) in [7, 11) is 0. The molecule has 0 saturated carbocycles. The standard InChI is InChI=1S/C14H13ClN2S2/c1-8-2-3-9(6-10(8)15)14(17-16)13-7-12-11(19-13)4-5-18-12/h2-7,14,17H,16H2,1H3. The molecule has 1 unspecified atom stereocenters. The third kappa shape index (κ3) is 2.42. The van der Waals surface area contributed by atoms with Gasteiger partial charge in [-0.2, -0.15) is 0 Å². The Morgan fingerprint density at radius 3 is 2.74 bits per heavy atom. The first-order valence-corrected chi connectivity index (χ1v) is 7.95. The van der Waals surface area contributed by atoms with E-state index in [-0.39, 0.29) is 6.04 Å². The number of benzene rings is 1. The monoisotopic (exact) mass is 308 g/mol. The van der Waals surface area contributed by atoms with Crippen LogP contribution in [0.3, 0.4) is 0 Å². The van der Waals surface area contributed by atoms with Crippen molar-refractivity contribution >= 4 is 43.7 Å². The van der Waals surface area contributed by atoms with Crippen LogP contribution in [-0.2, 0) is 0 Å². The van der Waals surface area contributed by atoms with Gasteiger partial charge in [-0.15, -0.1) is 22.7 Å². The van der Waals surface area contributed by atoms with E-state index in [4.69, 9.17) is 17.4 Å². The molecule has 98 valence electrons. The van der Waals surface area contributed by atoms with Gasteiger partial charge in [-0.05, 0) is 41.6 Å². The molecule has 0 radical (unpaired) electrons. The van der Waals surface area contributed by atoms with Crippen molar-refractivity contribution in [1.29, 1.82) is 0 Å². The Bertz CT molecular complexity index is 689. The fraction of sp³-hybridized carbons (Fsp3) is 0.143. The summed E-state index contributed by atoms with van der Waals surface area (Å²) in [5, 5.41) is 2.88. The van der Waals surface area contributed by atoms with Crippen molar-refractivity contribution in [3.8, 4) is 0 Å². The maximum atomic E-state index is 6.20. The number of nitrogens with two attached hydrogens (primary N) is 1. The number of hydrogen-bond donors (Lipinski definition) is 2. The zero-order chi connectivity index (χ0) is 13.4. The van der Waals surface area contributed by atoms with E-state index in [1.807, 2.05) is 19.1 Å². The van der Waals surface area contributed by atoms with E-state index in [2.05, 4.69) is 29.0 Å². The van der Waals surface area contributed by atoms with Crippen molar-refractivity contribution in [2.45, 2.75) is 13.0 Å². The van der Waals surface area contributed by atoms with Crippen LogP contribution in [0.1, 0.15) is 22.0 Å². The highest BCUT2D eigenvalue weighted by atomic mass is 35.5. The van der Waals surface area contributed by atoms with E-state index in [1.165, 1.54) is 14.3 Å². The van der Waals surface area contributed by atoms with Crippen LogP contribution in [0, 0.1) is 6.92 Å². The predicted octanol–water partition coefficient (Wildman–Crippen LogP) is 4.48. The van der Waals surface area contributed by atoms with Crippen LogP contribution in [-0.4, -0.2) is 0 Å². The van der Waals surface area contributed by atoms with Crippen LogP contribution >= 0.6 is 34.3 Å². The van der Waals surface area contributed by atoms with Crippen LogP contribution in [0.2, 0.25) is 5.02 Å². The molecule has 1 atom stereocenters. The predicted molar refractivity (Wildman–Crippen MR) is 85.1 cm³/mol. The highest BCUT2D eigenvalue weighted by molar-refractivity contribution is 7.27. The molecule has 0 spiro atoms. The maximum Gasteiger partial charge on any atom is 0.0803 e. The van der Waals surface area contributed by atoms with Crippen molar-refractivity contribution < 1.29 is 0 Å². The van der Waals surface area contributed by atoms with E-state index in [1.54, 1.807) is 22.7 Å². The van der Waals surface area contributed by atoms with Gasteiger partial charge in [-0.3, -0.25) is 5.84 Å². The molecular weight excluding hydrogens is 296 g/mol. The molecule has 0 aliphatic carbocycles. The Labute approximate surface area is 124 Å². The number of rotatable bonds is 3. The lowest BCUT2D eigenvalue weighted by atomic mass is 10.0. The lowest BCUT2D eigenvalue weighted by Gasteiger charge is -2.15. The second-order valence-corrected chi connectivity index (χ2v) is 6.88. The van der Waals surface area contributed by atoms with Gasteiger partial charge >= 0.3 is 0 Å². The highest BCUT2D eigenvalue weighted by Gasteiger charge is 2.16. The molecule has 2 nitrogen and oxygen atoms in total. The van der Waals surface area contributed by atoms with Crippen molar-refractivity contribution in [1.82, 2.24) is 5.43 Å². The zero-order valence-electron chi connectivity index (χ0n) is 10.3. The molecule has 2 aromatic heterocycles. The van der Waals surface area contributed by atoms with Gasteiger partial charge in [0.1, 0.15) is 0 Å². The second kappa shape index (κ2) is 5.23. The van der Waals surface area contributed by atoms with Gasteiger partial charge < -0.3 is 0 Å². The summed E-state index contributed by atoms with van der Waals surface area (Å²) in [6.07, 6.45) is 0. The Balaban J connectivity index is 2.03. The summed E-state index contributed by atoms with van der Waals surface area (Å²) in [6, 6.07) is 10.4. The van der Waals surface area contributed by atoms with Crippen LogP contribution in [0.15, 0.2) is 35.7 Å². The first-order chi connectivity index (χ1) is 9.19. The van der Waals surface area contributed by atoms with E-state index in [0.29, 0.717) is 0 Å². The van der Waals surface area contributed by atoms with Gasteiger partial charge in [0.05, 0.1) is 6.04 Å². The van der Waals surface area contributed by atoms with Crippen molar-refractivity contribution in [3.05, 3.63) is 56.7 Å². The normalized spacial score (nSPS) is 13.0. The molecular formula is C14H13ClN2S2. The molecule has 1 aromatic carbocycles. The summed E-state index contributed by atoms with van der Waals surface area (Å²) in [5.74, 6) is 5.73. The number of aryl methyl sites for hydroxylation is 1. The largest absolute Gasteiger partial charge is 0.271 e. The van der Waals surface area contributed by atoms with Gasteiger partial charge in [0.2, 0.25) is 0 Å². The fourth-order valence-electron chi connectivity index (χ4n) is 2.06. The Kier molecular flexibility index (Phi) is 3.60. The molecule has 5 heteroatoms. The maximum absolute atomic E-state index is 6.20. The minimum Gasteiger partial charge on any atom is -0.271 e. The number of halogens is 1. The van der Waals surface area contributed by atoms with Crippen LogP contribution in [0.5, 0.6) is 0 Å². The van der Waals surface area contributed by atoms with Gasteiger partial charge in [0.15, 0.2) is 0 Å². The second-order valence-electron chi connectivity index (χ2n) is 4.41. The van der Waals surface area contributed by atoms with E-state index >= 15 is 0 Å². The van der Waals surface area contributed by atoms with Gasteiger partial charge in [-0.25, -0.2) is 5.43 Å². The minimum absolute atomic E-state index is 0.0114. The molecule has 0 amide bonds. The van der Waals surface area contributed by atoms with Crippen LogP contribution < -0.4 is 11.3 Å². The lowest BCUT2D eigenvalue weighted by molar-refractivity contribution is 0.647. The lowest BCUT2D eigenvalue weighted by Crippen LogP contribution is -2.28. The molecule has 3 rings (SSSR count). The molecule has 3 N–H and O–H groups in total. The summed E-state index contributed by atoms with van der Waals surface area (Å²) in [5.41, 5.74) is 5.06. The summed E-state index contributed by atoms with van der Waals surface area (Å²) in [4.78, 5) is 1.21. The summed E-state index contributed by atoms with van der Waals surface area (Å²) < 4.78 is 2.61. The van der Waals surface area contributed by atoms with Crippen molar-refractivity contribution in [2.75, 3.05) is 0 Å². The first-order valence-electron chi connectivity index (χ1n) is 5.88. The molecule has 0 fully saturated rings.